The van der Waals surface area contributed by atoms with E-state index in [1.54, 1.807) is 0 Å². The molecule has 0 aliphatic heterocycles. The van der Waals surface area contributed by atoms with Crippen molar-refractivity contribution in [3.63, 3.8) is 0 Å². The highest BCUT2D eigenvalue weighted by Crippen LogP contribution is 2.31. The molecule has 1 atom stereocenters. The van der Waals surface area contributed by atoms with Crippen molar-refractivity contribution in [3.05, 3.63) is 51.2 Å². The summed E-state index contributed by atoms with van der Waals surface area (Å²) in [5.74, 6) is 0.928. The van der Waals surface area contributed by atoms with Crippen LogP contribution in [0.15, 0.2) is 30.3 Å². The standard InChI is InChI=1S/C17H23NOS/c1-11(2)19-15-8-6-14(7-9-15)17(18-5)16-10-12(3)13(4)20-16/h6-11,17-18H,1-5H3. The van der Waals surface area contributed by atoms with Crippen molar-refractivity contribution in [2.75, 3.05) is 7.05 Å². The maximum Gasteiger partial charge on any atom is 0.119 e. The Bertz CT molecular complexity index is 537. The zero-order valence-electron chi connectivity index (χ0n) is 12.9. The van der Waals surface area contributed by atoms with Gasteiger partial charge in [-0.15, -0.1) is 11.3 Å². The fraction of sp³-hybridized carbons (Fsp3) is 0.412. The lowest BCUT2D eigenvalue weighted by Gasteiger charge is -2.16. The molecule has 0 spiro atoms. The first-order chi connectivity index (χ1) is 9.51. The Morgan fingerprint density at radius 1 is 1.10 bits per heavy atom. The molecule has 0 radical (unpaired) electrons. The third-order valence-corrected chi connectivity index (χ3v) is 4.56. The van der Waals surface area contributed by atoms with E-state index >= 15 is 0 Å². The van der Waals surface area contributed by atoms with Gasteiger partial charge in [-0.1, -0.05) is 12.1 Å². The highest BCUT2D eigenvalue weighted by Gasteiger charge is 2.15. The number of benzene rings is 1. The van der Waals surface area contributed by atoms with Gasteiger partial charge in [0.25, 0.3) is 0 Å². The summed E-state index contributed by atoms with van der Waals surface area (Å²) in [6.45, 7) is 8.43. The summed E-state index contributed by atoms with van der Waals surface area (Å²) < 4.78 is 5.69. The molecule has 0 aliphatic carbocycles. The molecule has 3 heteroatoms. The highest BCUT2D eigenvalue weighted by molar-refractivity contribution is 7.12. The Labute approximate surface area is 125 Å². The second-order valence-corrected chi connectivity index (χ2v) is 6.63. The number of nitrogens with one attached hydrogen (secondary N) is 1. The Morgan fingerprint density at radius 2 is 1.75 bits per heavy atom. The van der Waals surface area contributed by atoms with E-state index in [1.807, 2.05) is 44.4 Å². The van der Waals surface area contributed by atoms with E-state index in [1.165, 1.54) is 20.9 Å². The van der Waals surface area contributed by atoms with Crippen LogP contribution in [0.3, 0.4) is 0 Å². The fourth-order valence-electron chi connectivity index (χ4n) is 2.23. The van der Waals surface area contributed by atoms with E-state index < -0.39 is 0 Å². The van der Waals surface area contributed by atoms with E-state index in [0.29, 0.717) is 0 Å². The number of hydrogen-bond donors (Lipinski definition) is 1. The lowest BCUT2D eigenvalue weighted by Crippen LogP contribution is -2.16. The molecule has 0 fully saturated rings. The van der Waals surface area contributed by atoms with Gasteiger partial charge >= 0.3 is 0 Å². The zero-order chi connectivity index (χ0) is 14.7. The Hall–Kier alpha value is -1.32. The van der Waals surface area contributed by atoms with Crippen molar-refractivity contribution < 1.29 is 4.74 Å². The highest BCUT2D eigenvalue weighted by atomic mass is 32.1. The first kappa shape index (κ1) is 15.1. The fourth-order valence-corrected chi connectivity index (χ4v) is 3.41. The van der Waals surface area contributed by atoms with Crippen LogP contribution in [0.25, 0.3) is 0 Å². The van der Waals surface area contributed by atoms with Crippen molar-refractivity contribution >= 4 is 11.3 Å². The third kappa shape index (κ3) is 3.41. The topological polar surface area (TPSA) is 21.3 Å². The van der Waals surface area contributed by atoms with E-state index in [9.17, 15) is 0 Å². The lowest BCUT2D eigenvalue weighted by atomic mass is 10.0. The largest absolute Gasteiger partial charge is 0.491 e. The van der Waals surface area contributed by atoms with Crippen LogP contribution in [0.1, 0.15) is 40.8 Å². The molecule has 2 aromatic rings. The number of thiophene rings is 1. The monoisotopic (exact) mass is 289 g/mol. The average Bonchev–Trinajstić information content (AvgIpc) is 2.72. The van der Waals surface area contributed by atoms with Crippen molar-refractivity contribution in [1.29, 1.82) is 0 Å². The van der Waals surface area contributed by atoms with Crippen LogP contribution < -0.4 is 10.1 Å². The number of aryl methyl sites for hydroxylation is 2. The van der Waals surface area contributed by atoms with Crippen LogP contribution in [0.4, 0.5) is 0 Å². The molecule has 2 nitrogen and oxygen atoms in total. The van der Waals surface area contributed by atoms with Gasteiger partial charge in [0.15, 0.2) is 0 Å². The summed E-state index contributed by atoms with van der Waals surface area (Å²) in [6.07, 6.45) is 0.212. The second-order valence-electron chi connectivity index (χ2n) is 5.35. The van der Waals surface area contributed by atoms with E-state index in [-0.39, 0.29) is 12.1 Å². The van der Waals surface area contributed by atoms with Crippen LogP contribution in [-0.2, 0) is 0 Å². The van der Waals surface area contributed by atoms with Gasteiger partial charge in [-0.3, -0.25) is 0 Å². The van der Waals surface area contributed by atoms with Crippen LogP contribution in [0, 0.1) is 13.8 Å². The lowest BCUT2D eigenvalue weighted by molar-refractivity contribution is 0.242. The predicted octanol–water partition coefficient (Wildman–Crippen LogP) is 4.46. The minimum atomic E-state index is 0.212. The van der Waals surface area contributed by atoms with Crippen LogP contribution in [0.2, 0.25) is 0 Å². The smallest absolute Gasteiger partial charge is 0.119 e. The zero-order valence-corrected chi connectivity index (χ0v) is 13.7. The molecule has 0 saturated carbocycles. The molecule has 2 rings (SSSR count). The van der Waals surface area contributed by atoms with Crippen LogP contribution >= 0.6 is 11.3 Å². The molecule has 1 aromatic heterocycles. The Balaban J connectivity index is 2.23. The van der Waals surface area contributed by atoms with Gasteiger partial charge in [-0.25, -0.2) is 0 Å². The summed E-state index contributed by atoms with van der Waals surface area (Å²) in [7, 11) is 2.01. The minimum absolute atomic E-state index is 0.212. The third-order valence-electron chi connectivity index (χ3n) is 3.34. The molecule has 20 heavy (non-hydrogen) atoms. The van der Waals surface area contributed by atoms with Gasteiger partial charge in [0.2, 0.25) is 0 Å². The molecule has 1 unspecified atom stereocenters. The van der Waals surface area contributed by atoms with Gasteiger partial charge < -0.3 is 10.1 Å². The molecule has 1 heterocycles. The average molecular weight is 289 g/mol. The normalized spacial score (nSPS) is 12.7. The summed E-state index contributed by atoms with van der Waals surface area (Å²) >= 11 is 1.86. The quantitative estimate of drug-likeness (QED) is 0.877. The minimum Gasteiger partial charge on any atom is -0.491 e. The van der Waals surface area contributed by atoms with Gasteiger partial charge in [0.05, 0.1) is 12.1 Å². The SMILES string of the molecule is CNC(c1ccc(OC(C)C)cc1)c1cc(C)c(C)s1. The van der Waals surface area contributed by atoms with Crippen molar-refractivity contribution in [3.8, 4) is 5.75 Å². The van der Waals surface area contributed by atoms with Gasteiger partial charge in [-0.2, -0.15) is 0 Å². The van der Waals surface area contributed by atoms with Crippen molar-refractivity contribution in [2.24, 2.45) is 0 Å². The predicted molar refractivity (Wildman–Crippen MR) is 86.9 cm³/mol. The molecule has 0 saturated heterocycles. The summed E-state index contributed by atoms with van der Waals surface area (Å²) in [5, 5.41) is 3.41. The number of ether oxygens (including phenoxy) is 1. The van der Waals surface area contributed by atoms with Gasteiger partial charge in [0, 0.05) is 9.75 Å². The first-order valence-corrected chi connectivity index (χ1v) is 7.83. The molecular formula is C17H23NOS. The first-order valence-electron chi connectivity index (χ1n) is 7.02. The molecular weight excluding hydrogens is 266 g/mol. The molecule has 1 aromatic carbocycles. The van der Waals surface area contributed by atoms with Crippen LogP contribution in [-0.4, -0.2) is 13.2 Å². The maximum absolute atomic E-state index is 5.69. The van der Waals surface area contributed by atoms with Gasteiger partial charge in [-0.05, 0) is 64.1 Å². The van der Waals surface area contributed by atoms with Crippen molar-refractivity contribution in [1.82, 2.24) is 5.32 Å². The summed E-state index contributed by atoms with van der Waals surface area (Å²) in [4.78, 5) is 2.75. The molecule has 0 amide bonds. The maximum atomic E-state index is 5.69. The van der Waals surface area contributed by atoms with Crippen molar-refractivity contribution in [2.45, 2.75) is 39.8 Å². The Kier molecular flexibility index (Phi) is 4.84. The van der Waals surface area contributed by atoms with E-state index in [2.05, 4.69) is 37.4 Å². The molecule has 0 bridgehead atoms. The number of hydrogen-bond acceptors (Lipinski definition) is 3. The van der Waals surface area contributed by atoms with Gasteiger partial charge in [0.1, 0.15) is 5.75 Å². The Morgan fingerprint density at radius 3 is 2.20 bits per heavy atom. The van der Waals surface area contributed by atoms with Crippen LogP contribution in [0.5, 0.6) is 5.75 Å². The molecule has 0 aliphatic rings. The summed E-state index contributed by atoms with van der Waals surface area (Å²) in [6, 6.07) is 10.9. The number of rotatable bonds is 5. The molecule has 1 N–H and O–H groups in total. The summed E-state index contributed by atoms with van der Waals surface area (Å²) in [5.41, 5.74) is 2.63. The van der Waals surface area contributed by atoms with E-state index in [4.69, 9.17) is 4.74 Å². The second kappa shape index (κ2) is 6.42. The molecule has 108 valence electrons. The van der Waals surface area contributed by atoms with E-state index in [0.717, 1.165) is 5.75 Å².